The first-order valence-corrected chi connectivity index (χ1v) is 7.01. The number of cyclic esters (lactones) is 1. The first kappa shape index (κ1) is 14.4. The predicted molar refractivity (Wildman–Crippen MR) is 83.6 cm³/mol. The Morgan fingerprint density at radius 2 is 1.86 bits per heavy atom. The van der Waals surface area contributed by atoms with E-state index in [-0.39, 0.29) is 5.75 Å². The molecular weight excluding hydrogens is 304 g/mol. The third-order valence-corrected chi connectivity index (χ3v) is 3.72. The maximum Gasteiger partial charge on any atom is 0.416 e. The van der Waals surface area contributed by atoms with Crippen LogP contribution in [0.3, 0.4) is 0 Å². The highest BCUT2D eigenvalue weighted by Crippen LogP contribution is 2.35. The van der Waals surface area contributed by atoms with E-state index in [1.54, 1.807) is 43.4 Å². The van der Waals surface area contributed by atoms with Gasteiger partial charge in [-0.05, 0) is 18.2 Å². The van der Waals surface area contributed by atoms with Crippen LogP contribution in [0.25, 0.3) is 0 Å². The number of para-hydroxylation sites is 2. The summed E-state index contributed by atoms with van der Waals surface area (Å²) in [5.74, 6) is 0.403. The van der Waals surface area contributed by atoms with Crippen LogP contribution in [0.15, 0.2) is 53.5 Å². The minimum atomic E-state index is -0.703. The van der Waals surface area contributed by atoms with Crippen molar-refractivity contribution in [1.29, 1.82) is 0 Å². The van der Waals surface area contributed by atoms with Crippen LogP contribution < -0.4 is 0 Å². The van der Waals surface area contributed by atoms with Crippen LogP contribution in [0, 0.1) is 0 Å². The van der Waals surface area contributed by atoms with Crippen LogP contribution in [0.4, 0.5) is 10.5 Å². The third kappa shape index (κ3) is 2.51. The molecule has 0 radical (unpaired) electrons. The fourth-order valence-corrected chi connectivity index (χ4v) is 2.44. The molecule has 1 aliphatic heterocycles. The maximum atomic E-state index is 11.9. The number of halogens is 1. The van der Waals surface area contributed by atoms with Crippen LogP contribution in [0.1, 0.15) is 11.7 Å². The summed E-state index contributed by atoms with van der Waals surface area (Å²) in [6, 6.07) is 13.7. The third-order valence-electron chi connectivity index (χ3n) is 3.38. The van der Waals surface area contributed by atoms with E-state index in [0.29, 0.717) is 22.1 Å². The number of benzene rings is 2. The summed E-state index contributed by atoms with van der Waals surface area (Å²) < 4.78 is 5.36. The molecule has 0 saturated carbocycles. The molecule has 112 valence electrons. The van der Waals surface area contributed by atoms with E-state index in [9.17, 15) is 9.90 Å². The zero-order valence-electron chi connectivity index (χ0n) is 11.7. The Kier molecular flexibility index (Phi) is 3.73. The number of amidine groups is 1. The second-order valence-corrected chi connectivity index (χ2v) is 5.21. The van der Waals surface area contributed by atoms with Gasteiger partial charge in [-0.15, -0.1) is 0 Å². The molecule has 1 atom stereocenters. The minimum Gasteiger partial charge on any atom is -0.506 e. The molecule has 2 aromatic carbocycles. The van der Waals surface area contributed by atoms with Crippen molar-refractivity contribution in [2.24, 2.45) is 4.99 Å². The van der Waals surface area contributed by atoms with Crippen molar-refractivity contribution in [2.75, 3.05) is 7.05 Å². The van der Waals surface area contributed by atoms with Gasteiger partial charge in [-0.2, -0.15) is 0 Å². The van der Waals surface area contributed by atoms with Crippen molar-refractivity contribution in [3.05, 3.63) is 59.1 Å². The molecule has 0 aromatic heterocycles. The molecule has 1 fully saturated rings. The van der Waals surface area contributed by atoms with Crippen LogP contribution >= 0.6 is 11.6 Å². The molecule has 1 N–H and O–H groups in total. The Morgan fingerprint density at radius 1 is 1.18 bits per heavy atom. The van der Waals surface area contributed by atoms with Crippen molar-refractivity contribution >= 4 is 29.2 Å². The molecular formula is C16H13ClN2O3. The lowest BCUT2D eigenvalue weighted by Crippen LogP contribution is -2.25. The Hall–Kier alpha value is -2.53. The number of aromatic hydroxyl groups is 1. The first-order chi connectivity index (χ1) is 10.6. The van der Waals surface area contributed by atoms with Crippen LogP contribution in [0.5, 0.6) is 5.75 Å². The van der Waals surface area contributed by atoms with Crippen molar-refractivity contribution in [1.82, 2.24) is 4.90 Å². The number of ether oxygens (including phenoxy) is 1. The van der Waals surface area contributed by atoms with E-state index in [0.717, 1.165) is 0 Å². The van der Waals surface area contributed by atoms with Gasteiger partial charge in [-0.25, -0.2) is 9.79 Å². The molecule has 2 aromatic rings. The molecule has 0 bridgehead atoms. The number of aliphatic imine (C=N–C) groups is 1. The standard InChI is InChI=1S/C16H13ClN2O3/c1-19-15(18-12-8-4-5-9-13(12)20)14(22-16(19)21)10-6-2-3-7-11(10)17/h2-9,14,20H,1H3. The number of carbonyl (C=O) groups is 1. The highest BCUT2D eigenvalue weighted by Gasteiger charge is 2.38. The number of hydrogen-bond acceptors (Lipinski definition) is 4. The van der Waals surface area contributed by atoms with Gasteiger partial charge in [0.25, 0.3) is 0 Å². The van der Waals surface area contributed by atoms with E-state index in [1.165, 1.54) is 11.0 Å². The van der Waals surface area contributed by atoms with E-state index in [2.05, 4.69) is 4.99 Å². The van der Waals surface area contributed by atoms with E-state index >= 15 is 0 Å². The SMILES string of the molecule is CN1C(=O)OC(c2ccccc2Cl)C1=Nc1ccccc1O. The van der Waals surface area contributed by atoms with Crippen molar-refractivity contribution in [3.63, 3.8) is 0 Å². The van der Waals surface area contributed by atoms with Gasteiger partial charge in [0.1, 0.15) is 11.4 Å². The lowest BCUT2D eigenvalue weighted by Gasteiger charge is -2.13. The zero-order chi connectivity index (χ0) is 15.7. The molecule has 1 aliphatic rings. The van der Waals surface area contributed by atoms with Crippen molar-refractivity contribution in [2.45, 2.75) is 6.10 Å². The van der Waals surface area contributed by atoms with Gasteiger partial charge in [0.15, 0.2) is 11.9 Å². The molecule has 5 nitrogen and oxygen atoms in total. The summed E-state index contributed by atoms with van der Waals surface area (Å²) in [6.45, 7) is 0. The Balaban J connectivity index is 2.09. The molecule has 1 saturated heterocycles. The fourth-order valence-electron chi connectivity index (χ4n) is 2.21. The van der Waals surface area contributed by atoms with Gasteiger partial charge >= 0.3 is 6.09 Å². The predicted octanol–water partition coefficient (Wildman–Crippen LogP) is 3.90. The van der Waals surface area contributed by atoms with Gasteiger partial charge in [-0.3, -0.25) is 4.90 Å². The van der Waals surface area contributed by atoms with E-state index in [1.807, 2.05) is 6.07 Å². The molecule has 0 aliphatic carbocycles. The van der Waals surface area contributed by atoms with Gasteiger partial charge in [0.2, 0.25) is 0 Å². The maximum absolute atomic E-state index is 11.9. The van der Waals surface area contributed by atoms with Crippen LogP contribution in [0.2, 0.25) is 5.02 Å². The van der Waals surface area contributed by atoms with E-state index < -0.39 is 12.2 Å². The lowest BCUT2D eigenvalue weighted by molar-refractivity contribution is 0.137. The summed E-state index contributed by atoms with van der Waals surface area (Å²) in [5, 5.41) is 10.3. The zero-order valence-corrected chi connectivity index (χ0v) is 12.5. The molecule has 22 heavy (non-hydrogen) atoms. The van der Waals surface area contributed by atoms with Gasteiger partial charge < -0.3 is 9.84 Å². The molecule has 1 unspecified atom stereocenters. The number of likely N-dealkylation sites (N-methyl/N-ethyl adjacent to an activating group) is 1. The highest BCUT2D eigenvalue weighted by atomic mass is 35.5. The molecule has 3 rings (SSSR count). The van der Waals surface area contributed by atoms with Crippen molar-refractivity contribution in [3.8, 4) is 5.75 Å². The number of hydrogen-bond donors (Lipinski definition) is 1. The normalized spacial score (nSPS) is 19.5. The Bertz CT molecular complexity index is 761. The molecule has 6 heteroatoms. The lowest BCUT2D eigenvalue weighted by atomic mass is 10.1. The van der Waals surface area contributed by atoms with Gasteiger partial charge in [-0.1, -0.05) is 41.9 Å². The number of phenols is 1. The largest absolute Gasteiger partial charge is 0.506 e. The van der Waals surface area contributed by atoms with Crippen LogP contribution in [-0.4, -0.2) is 29.0 Å². The monoisotopic (exact) mass is 316 g/mol. The molecule has 0 spiro atoms. The topological polar surface area (TPSA) is 62.1 Å². The van der Waals surface area contributed by atoms with E-state index in [4.69, 9.17) is 16.3 Å². The second-order valence-electron chi connectivity index (χ2n) is 4.80. The van der Waals surface area contributed by atoms with Gasteiger partial charge in [0.05, 0.1) is 0 Å². The summed E-state index contributed by atoms with van der Waals surface area (Å²) in [5.41, 5.74) is 1.01. The fraction of sp³-hybridized carbons (Fsp3) is 0.125. The Labute approximate surface area is 132 Å². The molecule has 1 amide bonds. The second kappa shape index (κ2) is 5.69. The van der Waals surface area contributed by atoms with Crippen molar-refractivity contribution < 1.29 is 14.6 Å². The number of amides is 1. The smallest absolute Gasteiger partial charge is 0.416 e. The quantitative estimate of drug-likeness (QED) is 0.914. The summed E-state index contributed by atoms with van der Waals surface area (Å²) in [4.78, 5) is 17.6. The average molecular weight is 317 g/mol. The number of nitrogens with zero attached hydrogens (tertiary/aromatic N) is 2. The number of rotatable bonds is 2. The molecule has 1 heterocycles. The van der Waals surface area contributed by atoms with Gasteiger partial charge in [0, 0.05) is 17.6 Å². The number of carbonyl (C=O) groups excluding carboxylic acids is 1. The number of phenolic OH excluding ortho intramolecular Hbond substituents is 1. The summed E-state index contributed by atoms with van der Waals surface area (Å²) >= 11 is 6.19. The van der Waals surface area contributed by atoms with Crippen LogP contribution in [-0.2, 0) is 4.74 Å². The Morgan fingerprint density at radius 3 is 2.59 bits per heavy atom. The highest BCUT2D eigenvalue weighted by molar-refractivity contribution is 6.31. The minimum absolute atomic E-state index is 0.0284. The first-order valence-electron chi connectivity index (χ1n) is 6.63. The summed E-state index contributed by atoms with van der Waals surface area (Å²) in [7, 11) is 1.57. The summed E-state index contributed by atoms with van der Waals surface area (Å²) in [6.07, 6.45) is -1.22. The average Bonchev–Trinajstić information content (AvgIpc) is 2.78.